The predicted molar refractivity (Wildman–Crippen MR) is 78.0 cm³/mol. The van der Waals surface area contributed by atoms with E-state index in [0.717, 1.165) is 18.7 Å². The fourth-order valence-electron chi connectivity index (χ4n) is 2.11. The smallest absolute Gasteiger partial charge is 0.319 e. The average molecular weight is 259 g/mol. The largest absolute Gasteiger partial charge is 0.332 e. The van der Waals surface area contributed by atoms with E-state index in [2.05, 4.69) is 17.4 Å². The van der Waals surface area contributed by atoms with Crippen LogP contribution >= 0.6 is 0 Å². The van der Waals surface area contributed by atoms with Gasteiger partial charge in [0.15, 0.2) is 0 Å². The molecule has 1 aromatic heterocycles. The summed E-state index contributed by atoms with van der Waals surface area (Å²) in [4.78, 5) is 12.2. The Labute approximate surface area is 113 Å². The minimum Gasteiger partial charge on any atom is -0.319 e. The topological polar surface area (TPSA) is 39.0 Å². The van der Waals surface area contributed by atoms with Crippen molar-refractivity contribution in [2.24, 2.45) is 0 Å². The van der Waals surface area contributed by atoms with Gasteiger partial charge >= 0.3 is 5.69 Å². The molecule has 19 heavy (non-hydrogen) atoms. The van der Waals surface area contributed by atoms with Crippen LogP contribution in [0.1, 0.15) is 25.5 Å². The fourth-order valence-corrected chi connectivity index (χ4v) is 2.11. The first kappa shape index (κ1) is 13.6. The average Bonchev–Trinajstić information content (AvgIpc) is 2.78. The normalized spacial score (nSPS) is 11.2. The van der Waals surface area contributed by atoms with Crippen molar-refractivity contribution < 1.29 is 0 Å². The van der Waals surface area contributed by atoms with Crippen LogP contribution in [-0.2, 0) is 6.42 Å². The molecule has 0 fully saturated rings. The molecule has 0 spiro atoms. The van der Waals surface area contributed by atoms with E-state index in [-0.39, 0.29) is 11.7 Å². The molecule has 0 atom stereocenters. The zero-order valence-corrected chi connectivity index (χ0v) is 11.8. The molecule has 0 saturated carbocycles. The van der Waals surface area contributed by atoms with Crippen LogP contribution < -0.4 is 11.0 Å². The number of nitrogens with zero attached hydrogens (tertiary/aromatic N) is 2. The number of hydrogen-bond acceptors (Lipinski definition) is 2. The molecular weight excluding hydrogens is 238 g/mol. The van der Waals surface area contributed by atoms with Gasteiger partial charge in [-0.2, -0.15) is 0 Å². The summed E-state index contributed by atoms with van der Waals surface area (Å²) in [7, 11) is 1.94. The molecule has 0 unspecified atom stereocenters. The Kier molecular flexibility index (Phi) is 4.22. The van der Waals surface area contributed by atoms with Crippen molar-refractivity contribution >= 4 is 0 Å². The van der Waals surface area contributed by atoms with Gasteiger partial charge in [-0.05, 0) is 51.6 Å². The summed E-state index contributed by atoms with van der Waals surface area (Å²) >= 11 is 0. The number of rotatable bonds is 5. The zero-order chi connectivity index (χ0) is 13.8. The second kappa shape index (κ2) is 5.89. The SMILES string of the molecule is CNCCc1cccc(-n2ccn(C(C)C)c2=O)c1. The standard InChI is InChI=1S/C15H21N3O/c1-12(2)17-9-10-18(15(17)19)14-6-4-5-13(11-14)7-8-16-3/h4-6,9-12,16H,7-8H2,1-3H3. The Hall–Kier alpha value is -1.81. The van der Waals surface area contributed by atoms with Gasteiger partial charge in [0.25, 0.3) is 0 Å². The maximum atomic E-state index is 12.2. The number of likely N-dealkylation sites (N-methyl/N-ethyl adjacent to an activating group) is 1. The molecule has 4 heteroatoms. The summed E-state index contributed by atoms with van der Waals surface area (Å²) < 4.78 is 3.43. The predicted octanol–water partition coefficient (Wildman–Crippen LogP) is 1.98. The third kappa shape index (κ3) is 2.96. The van der Waals surface area contributed by atoms with E-state index in [1.54, 1.807) is 9.13 Å². The third-order valence-corrected chi connectivity index (χ3v) is 3.21. The third-order valence-electron chi connectivity index (χ3n) is 3.21. The quantitative estimate of drug-likeness (QED) is 0.891. The second-order valence-electron chi connectivity index (χ2n) is 4.98. The monoisotopic (exact) mass is 259 g/mol. The van der Waals surface area contributed by atoms with Gasteiger partial charge in [0.2, 0.25) is 0 Å². The van der Waals surface area contributed by atoms with Gasteiger partial charge in [-0.3, -0.25) is 9.13 Å². The lowest BCUT2D eigenvalue weighted by atomic mass is 10.1. The van der Waals surface area contributed by atoms with Crippen LogP contribution in [0.3, 0.4) is 0 Å². The van der Waals surface area contributed by atoms with E-state index < -0.39 is 0 Å². The van der Waals surface area contributed by atoms with E-state index in [1.807, 2.05) is 45.4 Å². The van der Waals surface area contributed by atoms with Gasteiger partial charge in [-0.15, -0.1) is 0 Å². The fraction of sp³-hybridized carbons (Fsp3) is 0.400. The van der Waals surface area contributed by atoms with Crippen molar-refractivity contribution in [1.82, 2.24) is 14.5 Å². The van der Waals surface area contributed by atoms with Crippen molar-refractivity contribution in [3.8, 4) is 5.69 Å². The van der Waals surface area contributed by atoms with Crippen molar-refractivity contribution in [3.63, 3.8) is 0 Å². The van der Waals surface area contributed by atoms with Crippen LogP contribution in [0, 0.1) is 0 Å². The Balaban J connectivity index is 2.34. The molecule has 0 bridgehead atoms. The van der Waals surface area contributed by atoms with Crippen LogP contribution in [-0.4, -0.2) is 22.7 Å². The Morgan fingerprint density at radius 3 is 2.68 bits per heavy atom. The Morgan fingerprint density at radius 2 is 2.05 bits per heavy atom. The molecule has 2 rings (SSSR count). The molecular formula is C15H21N3O. The van der Waals surface area contributed by atoms with Gasteiger partial charge in [0.05, 0.1) is 5.69 Å². The molecule has 0 aliphatic carbocycles. The number of aromatic nitrogens is 2. The summed E-state index contributed by atoms with van der Waals surface area (Å²) in [5.41, 5.74) is 2.18. The molecule has 0 aliphatic heterocycles. The molecule has 4 nitrogen and oxygen atoms in total. The lowest BCUT2D eigenvalue weighted by molar-refractivity contribution is 0.574. The van der Waals surface area contributed by atoms with Crippen LogP contribution in [0.25, 0.3) is 5.69 Å². The lowest BCUT2D eigenvalue weighted by Gasteiger charge is -2.07. The first-order valence-electron chi connectivity index (χ1n) is 6.67. The molecule has 0 radical (unpaired) electrons. The van der Waals surface area contributed by atoms with Gasteiger partial charge < -0.3 is 5.32 Å². The van der Waals surface area contributed by atoms with Crippen LogP contribution in [0.4, 0.5) is 0 Å². The summed E-state index contributed by atoms with van der Waals surface area (Å²) in [6.45, 7) is 4.95. The molecule has 1 aromatic carbocycles. The van der Waals surface area contributed by atoms with E-state index in [9.17, 15) is 4.79 Å². The highest BCUT2D eigenvalue weighted by molar-refractivity contribution is 5.36. The number of hydrogen-bond donors (Lipinski definition) is 1. The first-order valence-corrected chi connectivity index (χ1v) is 6.67. The van der Waals surface area contributed by atoms with Crippen molar-refractivity contribution in [2.75, 3.05) is 13.6 Å². The maximum Gasteiger partial charge on any atom is 0.332 e. The molecule has 2 aromatic rings. The van der Waals surface area contributed by atoms with E-state index >= 15 is 0 Å². The van der Waals surface area contributed by atoms with E-state index in [0.29, 0.717) is 0 Å². The summed E-state index contributed by atoms with van der Waals surface area (Å²) in [5, 5.41) is 3.13. The van der Waals surface area contributed by atoms with Crippen molar-refractivity contribution in [3.05, 3.63) is 52.7 Å². The highest BCUT2D eigenvalue weighted by Gasteiger charge is 2.07. The second-order valence-corrected chi connectivity index (χ2v) is 4.98. The molecule has 0 saturated heterocycles. The molecule has 0 aliphatic rings. The van der Waals surface area contributed by atoms with Gasteiger partial charge in [-0.1, -0.05) is 12.1 Å². The Bertz CT molecular complexity index is 595. The minimum atomic E-state index is 0.0146. The highest BCUT2D eigenvalue weighted by atomic mass is 16.1. The highest BCUT2D eigenvalue weighted by Crippen LogP contribution is 2.10. The first-order chi connectivity index (χ1) is 9.13. The number of benzene rings is 1. The molecule has 1 N–H and O–H groups in total. The van der Waals surface area contributed by atoms with Gasteiger partial charge in [0.1, 0.15) is 0 Å². The summed E-state index contributed by atoms with van der Waals surface area (Å²) in [6, 6.07) is 8.31. The van der Waals surface area contributed by atoms with Gasteiger partial charge in [-0.25, -0.2) is 4.79 Å². The summed E-state index contributed by atoms with van der Waals surface area (Å²) in [6.07, 6.45) is 4.64. The number of nitrogens with one attached hydrogen (secondary N) is 1. The molecule has 1 heterocycles. The van der Waals surface area contributed by atoms with Gasteiger partial charge in [0, 0.05) is 18.4 Å². The minimum absolute atomic E-state index is 0.0146. The van der Waals surface area contributed by atoms with Crippen molar-refractivity contribution in [1.29, 1.82) is 0 Å². The molecule has 102 valence electrons. The van der Waals surface area contributed by atoms with Crippen molar-refractivity contribution in [2.45, 2.75) is 26.3 Å². The summed E-state index contributed by atoms with van der Waals surface area (Å²) in [5.74, 6) is 0. The number of imidazole rings is 1. The van der Waals surface area contributed by atoms with Crippen LogP contribution in [0.2, 0.25) is 0 Å². The maximum absolute atomic E-state index is 12.2. The van der Waals surface area contributed by atoms with Crippen LogP contribution in [0.5, 0.6) is 0 Å². The Morgan fingerprint density at radius 1 is 1.26 bits per heavy atom. The van der Waals surface area contributed by atoms with Crippen LogP contribution in [0.15, 0.2) is 41.5 Å². The van der Waals surface area contributed by atoms with E-state index in [4.69, 9.17) is 0 Å². The lowest BCUT2D eigenvalue weighted by Crippen LogP contribution is -2.24. The van der Waals surface area contributed by atoms with E-state index in [1.165, 1.54) is 5.56 Å². The molecule has 0 amide bonds. The zero-order valence-electron chi connectivity index (χ0n) is 11.8.